The fraction of sp³-hybridized carbons (Fsp3) is 0.444. The second-order valence-corrected chi connectivity index (χ2v) is 7.00. The number of benzene rings is 1. The van der Waals surface area contributed by atoms with Crippen LogP contribution < -0.4 is 4.74 Å². The molecule has 0 amide bonds. The molecule has 0 aliphatic carbocycles. The zero-order valence-corrected chi connectivity index (χ0v) is 14.0. The number of ether oxygens (including phenoxy) is 1. The van der Waals surface area contributed by atoms with Crippen LogP contribution in [0.15, 0.2) is 35.7 Å². The highest BCUT2D eigenvalue weighted by atomic mass is 32.1. The molecule has 1 N–H and O–H groups in total. The molecule has 1 saturated heterocycles. The number of aryl methyl sites for hydroxylation is 1. The number of hydrogen-bond donors (Lipinski definition) is 1. The van der Waals surface area contributed by atoms with Crippen LogP contribution in [0.4, 0.5) is 0 Å². The Kier molecular flexibility index (Phi) is 4.81. The molecule has 2 atom stereocenters. The highest BCUT2D eigenvalue weighted by Crippen LogP contribution is 2.31. The third-order valence-corrected chi connectivity index (χ3v) is 5.53. The van der Waals surface area contributed by atoms with E-state index in [-0.39, 0.29) is 12.0 Å². The van der Waals surface area contributed by atoms with Gasteiger partial charge in [-0.25, -0.2) is 0 Å². The van der Waals surface area contributed by atoms with Crippen molar-refractivity contribution in [1.82, 2.24) is 4.90 Å². The molecule has 22 heavy (non-hydrogen) atoms. The zero-order valence-electron chi connectivity index (χ0n) is 13.2. The fourth-order valence-corrected chi connectivity index (χ4v) is 4.12. The first kappa shape index (κ1) is 15.5. The molecule has 1 aromatic heterocycles. The molecule has 2 heterocycles. The highest BCUT2D eigenvalue weighted by molar-refractivity contribution is 7.10. The van der Waals surface area contributed by atoms with Crippen LogP contribution in [0.25, 0.3) is 0 Å². The Morgan fingerprint density at radius 3 is 2.91 bits per heavy atom. The summed E-state index contributed by atoms with van der Waals surface area (Å²) in [5.74, 6) is 1.07. The van der Waals surface area contributed by atoms with E-state index >= 15 is 0 Å². The number of likely N-dealkylation sites (tertiary alicyclic amines) is 1. The predicted octanol–water partition coefficient (Wildman–Crippen LogP) is 3.42. The number of aliphatic hydroxyl groups excluding tert-OH is 1. The summed E-state index contributed by atoms with van der Waals surface area (Å²) in [6.45, 7) is 4.87. The van der Waals surface area contributed by atoms with E-state index < -0.39 is 0 Å². The Bertz CT molecular complexity index is 625. The van der Waals surface area contributed by atoms with Gasteiger partial charge in [-0.05, 0) is 54.6 Å². The zero-order chi connectivity index (χ0) is 15.5. The summed E-state index contributed by atoms with van der Waals surface area (Å²) in [7, 11) is 1.68. The summed E-state index contributed by atoms with van der Waals surface area (Å²) in [6.07, 6.45) is 0.666. The Morgan fingerprint density at radius 2 is 2.23 bits per heavy atom. The molecular weight excluding hydrogens is 294 g/mol. The van der Waals surface area contributed by atoms with Crippen molar-refractivity contribution in [3.8, 4) is 5.75 Å². The van der Waals surface area contributed by atoms with Crippen LogP contribution in [0.1, 0.15) is 28.3 Å². The number of nitrogens with zero attached hydrogens (tertiary/aromatic N) is 1. The van der Waals surface area contributed by atoms with Crippen LogP contribution in [-0.4, -0.2) is 36.3 Å². The fourth-order valence-electron chi connectivity index (χ4n) is 3.17. The van der Waals surface area contributed by atoms with E-state index in [1.54, 1.807) is 18.4 Å². The van der Waals surface area contributed by atoms with Crippen molar-refractivity contribution in [3.63, 3.8) is 0 Å². The van der Waals surface area contributed by atoms with Crippen molar-refractivity contribution in [2.45, 2.75) is 31.9 Å². The smallest absolute Gasteiger partial charge is 0.119 e. The minimum atomic E-state index is -0.318. The standard InChI is InChI=1S/C18H23NO2S/c1-13-7-9-22-18(13)12-19-8-6-16(17(20)11-19)14-4-3-5-15(10-14)21-2/h3-5,7,9-10,16-17,20H,6,8,11-12H2,1-2H3/t16-,17+/m1/s1. The Morgan fingerprint density at radius 1 is 1.36 bits per heavy atom. The van der Waals surface area contributed by atoms with Gasteiger partial charge >= 0.3 is 0 Å². The van der Waals surface area contributed by atoms with E-state index in [1.807, 2.05) is 18.2 Å². The normalized spacial score (nSPS) is 22.7. The van der Waals surface area contributed by atoms with Gasteiger partial charge in [0.15, 0.2) is 0 Å². The number of β-amino-alcohol motifs (C(OH)–C–C–N with tert-alkyl or cyclic N) is 1. The van der Waals surface area contributed by atoms with E-state index in [2.05, 4.69) is 29.3 Å². The third-order valence-electron chi connectivity index (χ3n) is 4.52. The molecule has 2 aromatic rings. The summed E-state index contributed by atoms with van der Waals surface area (Å²) in [4.78, 5) is 3.77. The summed E-state index contributed by atoms with van der Waals surface area (Å²) < 4.78 is 5.29. The van der Waals surface area contributed by atoms with E-state index in [4.69, 9.17) is 4.74 Å². The molecule has 0 spiro atoms. The number of aliphatic hydroxyl groups is 1. The Labute approximate surface area is 136 Å². The summed E-state index contributed by atoms with van der Waals surface area (Å²) >= 11 is 1.81. The van der Waals surface area contributed by atoms with Gasteiger partial charge in [0.25, 0.3) is 0 Å². The number of piperidine rings is 1. The highest BCUT2D eigenvalue weighted by Gasteiger charge is 2.29. The molecular formula is C18H23NO2S. The molecule has 1 aliphatic rings. The molecule has 0 bridgehead atoms. The van der Waals surface area contributed by atoms with Crippen molar-refractivity contribution < 1.29 is 9.84 Å². The average Bonchev–Trinajstić information content (AvgIpc) is 2.92. The molecule has 118 valence electrons. The van der Waals surface area contributed by atoms with Gasteiger partial charge in [-0.1, -0.05) is 12.1 Å². The summed E-state index contributed by atoms with van der Waals surface area (Å²) in [5, 5.41) is 12.7. The van der Waals surface area contributed by atoms with Gasteiger partial charge in [0.05, 0.1) is 13.2 Å². The number of methoxy groups -OCH3 is 1. The molecule has 3 rings (SSSR count). The van der Waals surface area contributed by atoms with Gasteiger partial charge in [0.1, 0.15) is 5.75 Å². The summed E-state index contributed by atoms with van der Waals surface area (Å²) in [6, 6.07) is 10.3. The molecule has 1 aromatic carbocycles. The van der Waals surface area contributed by atoms with E-state index in [0.29, 0.717) is 0 Å². The quantitative estimate of drug-likeness (QED) is 0.938. The van der Waals surface area contributed by atoms with Crippen molar-refractivity contribution in [3.05, 3.63) is 51.7 Å². The SMILES string of the molecule is COc1cccc([C@H]2CCN(Cc3sccc3C)C[C@@H]2O)c1. The molecule has 0 saturated carbocycles. The van der Waals surface area contributed by atoms with Crippen LogP contribution in [0.2, 0.25) is 0 Å². The third kappa shape index (κ3) is 3.35. The molecule has 0 radical (unpaired) electrons. The molecule has 1 fully saturated rings. The Balaban J connectivity index is 1.65. The topological polar surface area (TPSA) is 32.7 Å². The first-order valence-electron chi connectivity index (χ1n) is 7.74. The molecule has 0 unspecified atom stereocenters. The second kappa shape index (κ2) is 6.82. The summed E-state index contributed by atoms with van der Waals surface area (Å²) in [5.41, 5.74) is 2.54. The van der Waals surface area contributed by atoms with Gasteiger partial charge in [0.2, 0.25) is 0 Å². The van der Waals surface area contributed by atoms with E-state index in [1.165, 1.54) is 16.0 Å². The van der Waals surface area contributed by atoms with Crippen LogP contribution in [0, 0.1) is 6.92 Å². The van der Waals surface area contributed by atoms with Crippen LogP contribution in [0.3, 0.4) is 0 Å². The Hall–Kier alpha value is -1.36. The average molecular weight is 317 g/mol. The van der Waals surface area contributed by atoms with Gasteiger partial charge in [-0.3, -0.25) is 4.90 Å². The maximum Gasteiger partial charge on any atom is 0.119 e. The largest absolute Gasteiger partial charge is 0.497 e. The van der Waals surface area contributed by atoms with E-state index in [9.17, 15) is 5.11 Å². The van der Waals surface area contributed by atoms with Crippen molar-refractivity contribution in [2.24, 2.45) is 0 Å². The van der Waals surface area contributed by atoms with Crippen LogP contribution >= 0.6 is 11.3 Å². The van der Waals surface area contributed by atoms with Gasteiger partial charge in [-0.2, -0.15) is 0 Å². The van der Waals surface area contributed by atoms with Gasteiger partial charge in [0, 0.05) is 23.9 Å². The lowest BCUT2D eigenvalue weighted by atomic mass is 9.87. The van der Waals surface area contributed by atoms with Crippen molar-refractivity contribution >= 4 is 11.3 Å². The lowest BCUT2D eigenvalue weighted by Crippen LogP contribution is -2.42. The first-order chi connectivity index (χ1) is 10.7. The number of rotatable bonds is 4. The number of hydrogen-bond acceptors (Lipinski definition) is 4. The molecule has 4 heteroatoms. The van der Waals surface area contributed by atoms with Gasteiger partial charge in [-0.15, -0.1) is 11.3 Å². The predicted molar refractivity (Wildman–Crippen MR) is 90.7 cm³/mol. The van der Waals surface area contributed by atoms with Crippen LogP contribution in [-0.2, 0) is 6.54 Å². The molecule has 1 aliphatic heterocycles. The van der Waals surface area contributed by atoms with E-state index in [0.717, 1.165) is 31.8 Å². The monoisotopic (exact) mass is 317 g/mol. The maximum atomic E-state index is 10.6. The second-order valence-electron chi connectivity index (χ2n) is 6.00. The van der Waals surface area contributed by atoms with Crippen LogP contribution in [0.5, 0.6) is 5.75 Å². The number of thiophene rings is 1. The van der Waals surface area contributed by atoms with Crippen molar-refractivity contribution in [1.29, 1.82) is 0 Å². The lowest BCUT2D eigenvalue weighted by molar-refractivity contribution is 0.0480. The minimum absolute atomic E-state index is 0.204. The first-order valence-corrected chi connectivity index (χ1v) is 8.62. The minimum Gasteiger partial charge on any atom is -0.497 e. The van der Waals surface area contributed by atoms with Gasteiger partial charge < -0.3 is 9.84 Å². The lowest BCUT2D eigenvalue weighted by Gasteiger charge is -2.36. The van der Waals surface area contributed by atoms with Crippen molar-refractivity contribution in [2.75, 3.05) is 20.2 Å². The maximum absolute atomic E-state index is 10.6. The molecule has 3 nitrogen and oxygen atoms in total.